The Morgan fingerprint density at radius 2 is 2.50 bits per heavy atom. The van der Waals surface area contributed by atoms with Gasteiger partial charge >= 0.3 is 5.97 Å². The SMILES string of the molecule is O=C(O)C(F)Sc1ccncn1. The van der Waals surface area contributed by atoms with Gasteiger partial charge < -0.3 is 5.11 Å². The molecule has 1 unspecified atom stereocenters. The van der Waals surface area contributed by atoms with Crippen molar-refractivity contribution < 1.29 is 14.3 Å². The highest BCUT2D eigenvalue weighted by atomic mass is 32.2. The van der Waals surface area contributed by atoms with Crippen LogP contribution in [0.4, 0.5) is 4.39 Å². The molecule has 0 fully saturated rings. The van der Waals surface area contributed by atoms with Crippen LogP contribution in [0.5, 0.6) is 0 Å². The van der Waals surface area contributed by atoms with Crippen molar-refractivity contribution in [2.24, 2.45) is 0 Å². The smallest absolute Gasteiger partial charge is 0.349 e. The number of aromatic nitrogens is 2. The summed E-state index contributed by atoms with van der Waals surface area (Å²) >= 11 is 0.534. The highest BCUT2D eigenvalue weighted by Crippen LogP contribution is 2.20. The zero-order chi connectivity index (χ0) is 8.97. The molecule has 6 heteroatoms. The molecule has 1 aromatic rings. The third kappa shape index (κ3) is 2.46. The van der Waals surface area contributed by atoms with Gasteiger partial charge in [-0.2, -0.15) is 0 Å². The van der Waals surface area contributed by atoms with Crippen LogP contribution >= 0.6 is 11.8 Å². The van der Waals surface area contributed by atoms with Gasteiger partial charge in [0.15, 0.2) is 0 Å². The van der Waals surface area contributed by atoms with Crippen LogP contribution in [-0.2, 0) is 4.79 Å². The normalized spacial score (nSPS) is 12.4. The molecule has 0 saturated carbocycles. The molecule has 0 aliphatic rings. The van der Waals surface area contributed by atoms with Gasteiger partial charge in [0.05, 0.1) is 0 Å². The predicted molar refractivity (Wildman–Crippen MR) is 40.4 cm³/mol. The Kier molecular flexibility index (Phi) is 2.98. The lowest BCUT2D eigenvalue weighted by Crippen LogP contribution is -2.09. The summed E-state index contributed by atoms with van der Waals surface area (Å²) < 4.78 is 12.5. The zero-order valence-corrected chi connectivity index (χ0v) is 6.66. The highest BCUT2D eigenvalue weighted by molar-refractivity contribution is 8.00. The minimum absolute atomic E-state index is 0.305. The van der Waals surface area contributed by atoms with Crippen LogP contribution in [-0.4, -0.2) is 26.5 Å². The highest BCUT2D eigenvalue weighted by Gasteiger charge is 2.17. The average Bonchev–Trinajstić information content (AvgIpc) is 2.06. The molecule has 1 atom stereocenters. The van der Waals surface area contributed by atoms with E-state index in [9.17, 15) is 9.18 Å². The number of rotatable bonds is 3. The number of hydrogen-bond acceptors (Lipinski definition) is 4. The van der Waals surface area contributed by atoms with Gasteiger partial charge in [-0.1, -0.05) is 11.8 Å². The zero-order valence-electron chi connectivity index (χ0n) is 5.85. The second-order valence-electron chi connectivity index (χ2n) is 1.82. The van der Waals surface area contributed by atoms with Crippen LogP contribution in [0, 0.1) is 0 Å². The molecule has 64 valence electrons. The first-order chi connectivity index (χ1) is 5.70. The molecule has 0 aromatic carbocycles. The minimum atomic E-state index is -1.97. The Morgan fingerprint density at radius 1 is 1.75 bits per heavy atom. The van der Waals surface area contributed by atoms with Crippen LogP contribution in [0.1, 0.15) is 0 Å². The maximum atomic E-state index is 12.5. The number of thioether (sulfide) groups is 1. The van der Waals surface area contributed by atoms with E-state index in [1.54, 1.807) is 0 Å². The molecule has 0 spiro atoms. The molecule has 4 nitrogen and oxygen atoms in total. The quantitative estimate of drug-likeness (QED) is 0.565. The third-order valence-corrected chi connectivity index (χ3v) is 1.86. The van der Waals surface area contributed by atoms with Crippen LogP contribution in [0.3, 0.4) is 0 Å². The number of aliphatic carboxylic acids is 1. The van der Waals surface area contributed by atoms with Crippen molar-refractivity contribution in [3.8, 4) is 0 Å². The first-order valence-electron chi connectivity index (χ1n) is 2.99. The average molecular weight is 188 g/mol. The van der Waals surface area contributed by atoms with Crippen LogP contribution in [0.25, 0.3) is 0 Å². The van der Waals surface area contributed by atoms with E-state index in [1.165, 1.54) is 18.6 Å². The molecular formula is C6H5FN2O2S. The summed E-state index contributed by atoms with van der Waals surface area (Å²) in [5, 5.41) is 8.51. The summed E-state index contributed by atoms with van der Waals surface area (Å²) in [4.78, 5) is 17.3. The number of hydrogen-bond donors (Lipinski definition) is 1. The number of carbonyl (C=O) groups is 1. The number of halogens is 1. The Balaban J connectivity index is 2.58. The summed E-state index contributed by atoms with van der Waals surface area (Å²) in [6, 6.07) is 1.44. The largest absolute Gasteiger partial charge is 0.478 e. The maximum Gasteiger partial charge on any atom is 0.349 e. The van der Waals surface area contributed by atoms with Gasteiger partial charge in [-0.15, -0.1) is 0 Å². The summed E-state index contributed by atoms with van der Waals surface area (Å²) in [6.45, 7) is 0. The molecule has 1 aromatic heterocycles. The van der Waals surface area contributed by atoms with Gasteiger partial charge in [-0.3, -0.25) is 0 Å². The fourth-order valence-corrected chi connectivity index (χ4v) is 1.06. The lowest BCUT2D eigenvalue weighted by atomic mass is 10.7. The van der Waals surface area contributed by atoms with Crippen LogP contribution in [0.15, 0.2) is 23.6 Å². The van der Waals surface area contributed by atoms with Crippen molar-refractivity contribution in [1.29, 1.82) is 0 Å². The van der Waals surface area contributed by atoms with E-state index >= 15 is 0 Å². The molecule has 0 saturated heterocycles. The predicted octanol–water partition coefficient (Wildman–Crippen LogP) is 0.949. The second kappa shape index (κ2) is 4.01. The summed E-state index contributed by atoms with van der Waals surface area (Å²) in [5.41, 5.74) is -1.97. The molecular weight excluding hydrogens is 183 g/mol. The van der Waals surface area contributed by atoms with Gasteiger partial charge in [-0.05, 0) is 6.07 Å². The van der Waals surface area contributed by atoms with Crippen molar-refractivity contribution in [1.82, 2.24) is 9.97 Å². The molecule has 0 bridgehead atoms. The van der Waals surface area contributed by atoms with E-state index in [-0.39, 0.29) is 0 Å². The van der Waals surface area contributed by atoms with Gasteiger partial charge in [0.25, 0.3) is 0 Å². The molecule has 1 rings (SSSR count). The van der Waals surface area contributed by atoms with E-state index < -0.39 is 11.5 Å². The van der Waals surface area contributed by atoms with Crippen LogP contribution < -0.4 is 0 Å². The molecule has 12 heavy (non-hydrogen) atoms. The number of nitrogens with zero attached hydrogens (tertiary/aromatic N) is 2. The fraction of sp³-hybridized carbons (Fsp3) is 0.167. The van der Waals surface area contributed by atoms with E-state index in [1.807, 2.05) is 0 Å². The molecule has 0 aliphatic carbocycles. The number of carboxylic acid groups (broad SMARTS) is 1. The molecule has 0 aliphatic heterocycles. The minimum Gasteiger partial charge on any atom is -0.478 e. The third-order valence-electron chi connectivity index (χ3n) is 0.973. The van der Waals surface area contributed by atoms with E-state index in [2.05, 4.69) is 9.97 Å². The summed E-state index contributed by atoms with van der Waals surface area (Å²) in [7, 11) is 0. The van der Waals surface area contributed by atoms with E-state index in [4.69, 9.17) is 5.11 Å². The first-order valence-corrected chi connectivity index (χ1v) is 3.87. The Morgan fingerprint density at radius 3 is 3.00 bits per heavy atom. The molecule has 0 radical (unpaired) electrons. The maximum absolute atomic E-state index is 12.5. The second-order valence-corrected chi connectivity index (χ2v) is 2.89. The lowest BCUT2D eigenvalue weighted by molar-refractivity contribution is -0.139. The fourth-order valence-electron chi connectivity index (χ4n) is 0.505. The molecule has 1 N–H and O–H groups in total. The van der Waals surface area contributed by atoms with Crippen molar-refractivity contribution in [3.63, 3.8) is 0 Å². The Bertz CT molecular complexity index is 270. The monoisotopic (exact) mass is 188 g/mol. The molecule has 0 amide bonds. The van der Waals surface area contributed by atoms with Crippen LogP contribution in [0.2, 0.25) is 0 Å². The summed E-state index contributed by atoms with van der Waals surface area (Å²) in [5.74, 6) is -1.50. The standard InChI is InChI=1S/C6H5FN2O2S/c7-5(6(10)11)12-4-1-2-8-3-9-4/h1-3,5H,(H,10,11). The van der Waals surface area contributed by atoms with Gasteiger partial charge in [0, 0.05) is 6.20 Å². The van der Waals surface area contributed by atoms with Gasteiger partial charge in [0.2, 0.25) is 5.50 Å². The molecule has 1 heterocycles. The number of alkyl halides is 1. The Labute approximate surface area is 71.8 Å². The van der Waals surface area contributed by atoms with E-state index in [0.717, 1.165) is 0 Å². The van der Waals surface area contributed by atoms with Crippen molar-refractivity contribution in [2.45, 2.75) is 10.5 Å². The lowest BCUT2D eigenvalue weighted by Gasteiger charge is -1.99. The van der Waals surface area contributed by atoms with Crippen molar-refractivity contribution >= 4 is 17.7 Å². The van der Waals surface area contributed by atoms with E-state index in [0.29, 0.717) is 16.8 Å². The first kappa shape index (κ1) is 8.92. The van der Waals surface area contributed by atoms with Crippen molar-refractivity contribution in [2.75, 3.05) is 0 Å². The summed E-state index contributed by atoms with van der Waals surface area (Å²) in [6.07, 6.45) is 2.65. The van der Waals surface area contributed by atoms with Crippen molar-refractivity contribution in [3.05, 3.63) is 18.6 Å². The topological polar surface area (TPSA) is 63.1 Å². The van der Waals surface area contributed by atoms with Gasteiger partial charge in [-0.25, -0.2) is 19.2 Å². The van der Waals surface area contributed by atoms with Gasteiger partial charge in [0.1, 0.15) is 11.4 Å². The Hall–Kier alpha value is -1.17. The number of carboxylic acids is 1.